The first-order valence-corrected chi connectivity index (χ1v) is 10.0. The van der Waals surface area contributed by atoms with Crippen LogP contribution in [0.3, 0.4) is 0 Å². The highest BCUT2D eigenvalue weighted by atomic mass is 19.4. The number of halogens is 4. The van der Waals surface area contributed by atoms with Crippen LogP contribution < -0.4 is 10.1 Å². The van der Waals surface area contributed by atoms with Crippen molar-refractivity contribution in [1.82, 2.24) is 15.3 Å². The minimum atomic E-state index is -4.66. The molecule has 0 bridgehead atoms. The summed E-state index contributed by atoms with van der Waals surface area (Å²) in [5, 5.41) is 2.35. The number of nitrogens with zero attached hydrogens (tertiary/aromatic N) is 1. The van der Waals surface area contributed by atoms with Gasteiger partial charge in [0.05, 0.1) is 12.3 Å². The van der Waals surface area contributed by atoms with Crippen molar-refractivity contribution in [3.05, 3.63) is 70.9 Å². The zero-order chi connectivity index (χ0) is 23.5. The number of carbonyl (C=O) groups is 1. The average Bonchev–Trinajstić information content (AvgIpc) is 3.15. The van der Waals surface area contributed by atoms with Crippen molar-refractivity contribution in [1.29, 1.82) is 0 Å². The number of amides is 1. The van der Waals surface area contributed by atoms with Gasteiger partial charge in [-0.2, -0.15) is 13.2 Å². The third-order valence-electron chi connectivity index (χ3n) is 4.99. The number of pyridine rings is 1. The van der Waals surface area contributed by atoms with Crippen LogP contribution in [0, 0.1) is 19.7 Å². The molecule has 1 unspecified atom stereocenters. The topological polar surface area (TPSA) is 67.0 Å². The van der Waals surface area contributed by atoms with Gasteiger partial charge < -0.3 is 15.0 Å². The van der Waals surface area contributed by atoms with Crippen molar-refractivity contribution in [3.63, 3.8) is 0 Å². The van der Waals surface area contributed by atoms with E-state index in [0.29, 0.717) is 22.4 Å². The summed E-state index contributed by atoms with van der Waals surface area (Å²) < 4.78 is 60.9. The number of benzene rings is 1. The summed E-state index contributed by atoms with van der Waals surface area (Å²) in [4.78, 5) is 19.3. The first-order chi connectivity index (χ1) is 15.1. The monoisotopic (exact) mass is 449 g/mol. The van der Waals surface area contributed by atoms with E-state index < -0.39 is 30.4 Å². The molecule has 0 spiro atoms. The van der Waals surface area contributed by atoms with Gasteiger partial charge in [0.25, 0.3) is 5.91 Å². The molecule has 0 aliphatic carbocycles. The number of rotatable bonds is 7. The lowest BCUT2D eigenvalue weighted by atomic mass is 9.99. The number of alkyl halides is 3. The minimum absolute atomic E-state index is 0.183. The number of hydrogen-bond donors (Lipinski definition) is 2. The van der Waals surface area contributed by atoms with E-state index in [9.17, 15) is 22.4 Å². The van der Waals surface area contributed by atoms with E-state index in [2.05, 4.69) is 15.3 Å². The highest BCUT2D eigenvalue weighted by Crippen LogP contribution is 2.38. The van der Waals surface area contributed by atoms with Gasteiger partial charge in [0.2, 0.25) is 0 Å². The van der Waals surface area contributed by atoms with Crippen LogP contribution in [-0.2, 0) is 0 Å². The van der Waals surface area contributed by atoms with Gasteiger partial charge in [-0.15, -0.1) is 0 Å². The Labute approximate surface area is 182 Å². The van der Waals surface area contributed by atoms with Gasteiger partial charge in [-0.3, -0.25) is 4.79 Å². The zero-order valence-corrected chi connectivity index (χ0v) is 17.8. The quantitative estimate of drug-likeness (QED) is 0.481. The average molecular weight is 449 g/mol. The minimum Gasteiger partial charge on any atom is -0.491 e. The van der Waals surface area contributed by atoms with E-state index in [1.165, 1.54) is 36.5 Å². The Morgan fingerprint density at radius 1 is 1.16 bits per heavy atom. The van der Waals surface area contributed by atoms with Crippen molar-refractivity contribution < 1.29 is 27.1 Å². The van der Waals surface area contributed by atoms with Crippen molar-refractivity contribution in [2.24, 2.45) is 0 Å². The number of carbonyl (C=O) groups excluding carboxylic acids is 1. The maximum Gasteiger partial charge on any atom is 0.398 e. The normalized spacial score (nSPS) is 12.5. The second-order valence-corrected chi connectivity index (χ2v) is 7.32. The van der Waals surface area contributed by atoms with Gasteiger partial charge in [-0.1, -0.05) is 0 Å². The van der Waals surface area contributed by atoms with Crippen LogP contribution >= 0.6 is 0 Å². The van der Waals surface area contributed by atoms with Crippen LogP contribution in [0.1, 0.15) is 40.2 Å². The molecule has 3 rings (SSSR count). The zero-order valence-electron chi connectivity index (χ0n) is 17.8. The van der Waals surface area contributed by atoms with Gasteiger partial charge in [0.15, 0.2) is 0 Å². The first kappa shape index (κ1) is 23.3. The molecule has 0 saturated heterocycles. The summed E-state index contributed by atoms with van der Waals surface area (Å²) in [6.45, 7) is 4.64. The van der Waals surface area contributed by atoms with E-state index in [-0.39, 0.29) is 23.7 Å². The molecule has 0 radical (unpaired) electrons. The first-order valence-electron chi connectivity index (χ1n) is 10.0. The Bertz CT molecular complexity index is 1090. The molecule has 1 aromatic carbocycles. The van der Waals surface area contributed by atoms with Crippen LogP contribution in [0.4, 0.5) is 17.6 Å². The fraction of sp³-hybridized carbons (Fsp3) is 0.304. The molecule has 2 N–H and O–H groups in total. The van der Waals surface area contributed by atoms with Gasteiger partial charge in [0, 0.05) is 18.3 Å². The molecule has 170 valence electrons. The SMILES string of the molecule is CCOc1c(C)cc(C(CNC(=O)c2[nH]ccc2C)C(F)(F)F)nc1-c1ccc(F)cc1. The number of H-pyrrole nitrogens is 1. The summed E-state index contributed by atoms with van der Waals surface area (Å²) >= 11 is 0. The standard InChI is InChI=1S/C23H23F4N3O2/c1-4-32-21-14(3)11-18(30-20(21)15-5-7-16(24)8-6-15)17(23(25,26)27)12-29-22(31)19-13(2)9-10-28-19/h5-11,17,28H,4,12H2,1-3H3,(H,29,31). The number of aromatic amines is 1. The number of aryl methyl sites for hydroxylation is 2. The van der Waals surface area contributed by atoms with Crippen molar-refractivity contribution in [2.75, 3.05) is 13.2 Å². The molecule has 2 aromatic heterocycles. The number of ether oxygens (including phenoxy) is 1. The van der Waals surface area contributed by atoms with Crippen LogP contribution in [-0.4, -0.2) is 35.2 Å². The number of aromatic nitrogens is 2. The second kappa shape index (κ2) is 9.42. The molecule has 1 atom stereocenters. The van der Waals surface area contributed by atoms with E-state index in [1.54, 1.807) is 26.8 Å². The summed E-state index contributed by atoms with van der Waals surface area (Å²) in [7, 11) is 0. The Kier molecular flexibility index (Phi) is 6.86. The molecule has 0 aliphatic heterocycles. The predicted octanol–water partition coefficient (Wildman–Crippen LogP) is 5.31. The molecule has 32 heavy (non-hydrogen) atoms. The molecule has 1 amide bonds. The fourth-order valence-electron chi connectivity index (χ4n) is 3.36. The maximum atomic E-state index is 14.0. The Morgan fingerprint density at radius 3 is 2.41 bits per heavy atom. The van der Waals surface area contributed by atoms with E-state index in [1.807, 2.05) is 0 Å². The summed E-state index contributed by atoms with van der Waals surface area (Å²) in [6, 6.07) is 8.23. The molecule has 3 aromatic rings. The van der Waals surface area contributed by atoms with E-state index in [4.69, 9.17) is 4.74 Å². The third kappa shape index (κ3) is 5.09. The lowest BCUT2D eigenvalue weighted by molar-refractivity contribution is -0.149. The van der Waals surface area contributed by atoms with Crippen LogP contribution in [0.2, 0.25) is 0 Å². The predicted molar refractivity (Wildman–Crippen MR) is 112 cm³/mol. The molecule has 9 heteroatoms. The van der Waals surface area contributed by atoms with Crippen molar-refractivity contribution in [2.45, 2.75) is 32.9 Å². The Balaban J connectivity index is 2.00. The van der Waals surface area contributed by atoms with Gasteiger partial charge in [-0.05, 0) is 68.3 Å². The fourth-order valence-corrected chi connectivity index (χ4v) is 3.36. The van der Waals surface area contributed by atoms with E-state index in [0.717, 1.165) is 0 Å². The summed E-state index contributed by atoms with van der Waals surface area (Å²) in [5.74, 6) is -2.83. The lowest BCUT2D eigenvalue weighted by Crippen LogP contribution is -2.36. The Hall–Kier alpha value is -3.36. The molecule has 0 fully saturated rings. The summed E-state index contributed by atoms with van der Waals surface area (Å²) in [6.07, 6.45) is -3.12. The van der Waals surface area contributed by atoms with Crippen molar-refractivity contribution in [3.8, 4) is 17.0 Å². The highest BCUT2D eigenvalue weighted by molar-refractivity contribution is 5.93. The molecule has 0 saturated carbocycles. The van der Waals surface area contributed by atoms with Crippen LogP contribution in [0.5, 0.6) is 5.75 Å². The lowest BCUT2D eigenvalue weighted by Gasteiger charge is -2.23. The second-order valence-electron chi connectivity index (χ2n) is 7.32. The third-order valence-corrected chi connectivity index (χ3v) is 4.99. The Morgan fingerprint density at radius 2 is 1.84 bits per heavy atom. The van der Waals surface area contributed by atoms with E-state index >= 15 is 0 Å². The largest absolute Gasteiger partial charge is 0.491 e. The van der Waals surface area contributed by atoms with Gasteiger partial charge in [-0.25, -0.2) is 9.37 Å². The summed E-state index contributed by atoms with van der Waals surface area (Å²) in [5.41, 5.74) is 1.63. The smallest absolute Gasteiger partial charge is 0.398 e. The molecular formula is C23H23F4N3O2. The highest BCUT2D eigenvalue weighted by Gasteiger charge is 2.42. The molecule has 5 nitrogen and oxygen atoms in total. The molecule has 2 heterocycles. The maximum absolute atomic E-state index is 14.0. The van der Waals surface area contributed by atoms with Gasteiger partial charge >= 0.3 is 6.18 Å². The van der Waals surface area contributed by atoms with Crippen molar-refractivity contribution >= 4 is 5.91 Å². The molecule has 0 aliphatic rings. The van der Waals surface area contributed by atoms with Crippen LogP contribution in [0.25, 0.3) is 11.3 Å². The van der Waals surface area contributed by atoms with Crippen LogP contribution in [0.15, 0.2) is 42.6 Å². The molecular weight excluding hydrogens is 426 g/mol. The number of nitrogens with one attached hydrogen (secondary N) is 2. The van der Waals surface area contributed by atoms with Gasteiger partial charge in [0.1, 0.15) is 28.9 Å². The number of hydrogen-bond acceptors (Lipinski definition) is 3.